The van der Waals surface area contributed by atoms with Crippen molar-refractivity contribution in [3.05, 3.63) is 53.4 Å². The van der Waals surface area contributed by atoms with Gasteiger partial charge in [-0.05, 0) is 84.4 Å². The highest BCUT2D eigenvalue weighted by atomic mass is 32.2. The molecular formula is C41H53N7O9S. The molecule has 2 aromatic heterocycles. The van der Waals surface area contributed by atoms with Crippen molar-refractivity contribution in [1.82, 2.24) is 35.0 Å². The SMILES string of the molecule is COc1ccc2c(O[C@@H]3C[C@H]4C(=O)N[C@]5(C(=O)NS(=O)(=O)C6CC6)CC5/C=C\CCCCC[C@H](NC(=O)c5cc(C)n(C)n5)C(=O)N4C3)cc(OC(C)C)nc2c1C. The van der Waals surface area contributed by atoms with Gasteiger partial charge < -0.3 is 29.7 Å². The number of carbonyl (C=O) groups is 4. The number of amides is 4. The summed E-state index contributed by atoms with van der Waals surface area (Å²) in [6, 6.07) is 4.85. The second kappa shape index (κ2) is 16.2. The zero-order valence-electron chi connectivity index (χ0n) is 33.9. The normalized spacial score (nSPS) is 25.8. The molecule has 3 aromatic rings. The molecule has 17 heteroatoms. The van der Waals surface area contributed by atoms with Crippen LogP contribution in [-0.4, -0.2) is 100 Å². The van der Waals surface area contributed by atoms with Crippen molar-refractivity contribution in [3.8, 4) is 17.4 Å². The molecule has 1 aromatic carbocycles. The fourth-order valence-corrected chi connectivity index (χ4v) is 9.27. The number of nitrogens with one attached hydrogen (secondary N) is 3. The highest BCUT2D eigenvalue weighted by molar-refractivity contribution is 7.91. The highest BCUT2D eigenvalue weighted by Gasteiger charge is 2.62. The van der Waals surface area contributed by atoms with Gasteiger partial charge in [-0.3, -0.25) is 28.6 Å². The number of benzene rings is 1. The van der Waals surface area contributed by atoms with Crippen molar-refractivity contribution >= 4 is 44.6 Å². The number of fused-ring (bicyclic) bond motifs is 3. The first-order valence-electron chi connectivity index (χ1n) is 20.1. The maximum Gasteiger partial charge on any atom is 0.272 e. The number of aryl methyl sites for hydroxylation is 3. The van der Waals surface area contributed by atoms with Crippen LogP contribution in [0.4, 0.5) is 0 Å². The Morgan fingerprint density at radius 2 is 1.83 bits per heavy atom. The second-order valence-electron chi connectivity index (χ2n) is 16.2. The first-order valence-corrected chi connectivity index (χ1v) is 21.6. The van der Waals surface area contributed by atoms with Crippen LogP contribution in [-0.2, 0) is 31.5 Å². The van der Waals surface area contributed by atoms with Gasteiger partial charge in [0.1, 0.15) is 40.9 Å². The zero-order valence-corrected chi connectivity index (χ0v) is 34.7. The van der Waals surface area contributed by atoms with E-state index in [4.69, 9.17) is 19.2 Å². The molecule has 4 amide bonds. The lowest BCUT2D eigenvalue weighted by Gasteiger charge is -2.29. The Morgan fingerprint density at radius 1 is 1.05 bits per heavy atom. The first-order chi connectivity index (χ1) is 27.6. The summed E-state index contributed by atoms with van der Waals surface area (Å²) in [7, 11) is -0.606. The quantitative estimate of drug-likeness (QED) is 0.253. The van der Waals surface area contributed by atoms with Crippen LogP contribution >= 0.6 is 0 Å². The third-order valence-corrected chi connectivity index (χ3v) is 13.3. The van der Waals surface area contributed by atoms with Crippen LogP contribution in [0.2, 0.25) is 0 Å². The van der Waals surface area contributed by atoms with Crippen LogP contribution in [0.15, 0.2) is 36.4 Å². The van der Waals surface area contributed by atoms with E-state index in [1.807, 2.05) is 52.0 Å². The number of allylic oxidation sites excluding steroid dienone is 1. The Balaban J connectivity index is 1.23. The van der Waals surface area contributed by atoms with Crippen LogP contribution in [0, 0.1) is 19.8 Å². The molecule has 2 aliphatic carbocycles. The molecule has 1 saturated heterocycles. The van der Waals surface area contributed by atoms with E-state index >= 15 is 0 Å². The Hall–Kier alpha value is -5.19. The summed E-state index contributed by atoms with van der Waals surface area (Å²) in [6.07, 6.45) is 7.26. The van der Waals surface area contributed by atoms with Gasteiger partial charge in [-0.25, -0.2) is 13.4 Å². The summed E-state index contributed by atoms with van der Waals surface area (Å²) in [6.45, 7) is 7.45. The second-order valence-corrected chi connectivity index (χ2v) is 18.2. The van der Waals surface area contributed by atoms with Gasteiger partial charge in [0.25, 0.3) is 11.8 Å². The van der Waals surface area contributed by atoms with E-state index in [9.17, 15) is 27.6 Å². The molecule has 4 heterocycles. The zero-order chi connectivity index (χ0) is 41.5. The smallest absolute Gasteiger partial charge is 0.272 e. The summed E-state index contributed by atoms with van der Waals surface area (Å²) in [5.41, 5.74) is 0.784. The lowest BCUT2D eigenvalue weighted by molar-refractivity contribution is -0.141. The number of hydrogen-bond donors (Lipinski definition) is 3. The Bertz CT molecular complexity index is 2230. The Morgan fingerprint density at radius 3 is 2.52 bits per heavy atom. The van der Waals surface area contributed by atoms with Crippen molar-refractivity contribution in [1.29, 1.82) is 0 Å². The van der Waals surface area contributed by atoms with E-state index in [1.54, 1.807) is 31.0 Å². The predicted octanol–water partition coefficient (Wildman–Crippen LogP) is 3.53. The summed E-state index contributed by atoms with van der Waals surface area (Å²) >= 11 is 0. The monoisotopic (exact) mass is 819 g/mol. The molecule has 0 bridgehead atoms. The van der Waals surface area contributed by atoms with Crippen LogP contribution in [0.1, 0.15) is 93.4 Å². The molecule has 5 atom stereocenters. The molecule has 312 valence electrons. The van der Waals surface area contributed by atoms with Crippen LogP contribution in [0.3, 0.4) is 0 Å². The minimum Gasteiger partial charge on any atom is -0.496 e. The number of methoxy groups -OCH3 is 1. The summed E-state index contributed by atoms with van der Waals surface area (Å²) in [5, 5.41) is 10.1. The highest BCUT2D eigenvalue weighted by Crippen LogP contribution is 2.46. The van der Waals surface area contributed by atoms with Crippen molar-refractivity contribution in [3.63, 3.8) is 0 Å². The number of aromatic nitrogens is 3. The number of carbonyl (C=O) groups excluding carboxylic acids is 4. The fourth-order valence-electron chi connectivity index (χ4n) is 7.91. The van der Waals surface area contributed by atoms with E-state index in [0.717, 1.165) is 24.1 Å². The number of sulfonamides is 1. The molecule has 0 radical (unpaired) electrons. The van der Waals surface area contributed by atoms with E-state index < -0.39 is 68.5 Å². The van der Waals surface area contributed by atoms with Crippen molar-refractivity contribution < 1.29 is 41.8 Å². The molecule has 58 heavy (non-hydrogen) atoms. The number of rotatable bonds is 10. The van der Waals surface area contributed by atoms with Crippen molar-refractivity contribution in [2.75, 3.05) is 13.7 Å². The molecule has 4 aliphatic rings. The number of nitrogens with zero attached hydrogens (tertiary/aromatic N) is 4. The maximum atomic E-state index is 14.8. The predicted molar refractivity (Wildman–Crippen MR) is 214 cm³/mol. The molecule has 16 nitrogen and oxygen atoms in total. The van der Waals surface area contributed by atoms with Crippen LogP contribution in [0.5, 0.6) is 17.4 Å². The molecule has 0 spiro atoms. The van der Waals surface area contributed by atoms with Gasteiger partial charge >= 0.3 is 0 Å². The van der Waals surface area contributed by atoms with E-state index in [2.05, 4.69) is 20.5 Å². The Labute approximate surface area is 338 Å². The third-order valence-electron chi connectivity index (χ3n) is 11.5. The molecule has 3 N–H and O–H groups in total. The van der Waals surface area contributed by atoms with E-state index in [1.165, 1.54) is 4.90 Å². The fraction of sp³-hybridized carbons (Fsp3) is 0.561. The van der Waals surface area contributed by atoms with E-state index in [0.29, 0.717) is 60.4 Å². The van der Waals surface area contributed by atoms with Gasteiger partial charge in [-0.15, -0.1) is 0 Å². The number of pyridine rings is 1. The average molecular weight is 820 g/mol. The van der Waals surface area contributed by atoms with Crippen LogP contribution < -0.4 is 29.6 Å². The van der Waals surface area contributed by atoms with Gasteiger partial charge in [-0.1, -0.05) is 25.0 Å². The summed E-state index contributed by atoms with van der Waals surface area (Å²) in [4.78, 5) is 62.9. The van der Waals surface area contributed by atoms with Gasteiger partial charge in [-0.2, -0.15) is 5.10 Å². The van der Waals surface area contributed by atoms with Gasteiger partial charge in [0.2, 0.25) is 27.7 Å². The maximum absolute atomic E-state index is 14.8. The lowest BCUT2D eigenvalue weighted by Crippen LogP contribution is -2.58. The number of hydrogen-bond acceptors (Lipinski definition) is 11. The largest absolute Gasteiger partial charge is 0.496 e. The topological polar surface area (TPSA) is 200 Å². The van der Waals surface area contributed by atoms with Crippen molar-refractivity contribution in [2.24, 2.45) is 13.0 Å². The third kappa shape index (κ3) is 8.50. The molecule has 3 fully saturated rings. The molecule has 1 unspecified atom stereocenters. The average Bonchev–Trinajstić information content (AvgIpc) is 4.07. The summed E-state index contributed by atoms with van der Waals surface area (Å²) < 4.78 is 47.9. The minimum absolute atomic E-state index is 0.0239. The van der Waals surface area contributed by atoms with Gasteiger partial charge in [0, 0.05) is 42.1 Å². The standard InChI is InChI=1S/C41H53N7O9S/c1-23(2)56-35-20-34(29-16-17-33(55-6)25(4)36(29)43-35)57-27-19-32-38(50)44-41(40(52)46-58(53,54)28-14-15-28)21-26(41)12-10-8-7-9-11-13-30(39(51)48(32)22-27)42-37(49)31-18-24(3)47(5)45-31/h10,12,16-18,20,23,26-28,30,32H,7-9,11,13-15,19,21-22H2,1-6H3,(H,42,49)(H,44,50)(H,46,52)/b12-10-/t26?,27-,30+,32+,41-/m1/s1. The Kier molecular flexibility index (Phi) is 11.5. The minimum atomic E-state index is -3.91. The van der Waals surface area contributed by atoms with Gasteiger partial charge in [0.15, 0.2) is 0 Å². The molecule has 2 aliphatic heterocycles. The lowest BCUT2D eigenvalue weighted by atomic mass is 10.0. The van der Waals surface area contributed by atoms with Gasteiger partial charge in [0.05, 0.1) is 30.5 Å². The summed E-state index contributed by atoms with van der Waals surface area (Å²) in [5.74, 6) is -1.48. The van der Waals surface area contributed by atoms with Crippen molar-refractivity contribution in [2.45, 2.75) is 121 Å². The molecular weight excluding hydrogens is 767 g/mol. The molecule has 2 saturated carbocycles. The molecule has 7 rings (SSSR count). The van der Waals surface area contributed by atoms with E-state index in [-0.39, 0.29) is 31.2 Å². The number of ether oxygens (including phenoxy) is 3. The first kappa shape index (κ1) is 41.0. The van der Waals surface area contributed by atoms with Crippen LogP contribution in [0.25, 0.3) is 10.9 Å².